The van der Waals surface area contributed by atoms with Crippen molar-refractivity contribution < 1.29 is 4.74 Å². The highest BCUT2D eigenvalue weighted by atomic mass is 16.5. The molecule has 0 aromatic heterocycles. The average molecular weight is 240 g/mol. The van der Waals surface area contributed by atoms with E-state index in [2.05, 4.69) is 6.92 Å². The van der Waals surface area contributed by atoms with E-state index in [1.807, 2.05) is 37.3 Å². The highest BCUT2D eigenvalue weighted by Gasteiger charge is 2.01. The number of rotatable bonds is 5. The van der Waals surface area contributed by atoms with Gasteiger partial charge < -0.3 is 4.74 Å². The van der Waals surface area contributed by atoms with Crippen LogP contribution in [-0.2, 0) is 0 Å². The van der Waals surface area contributed by atoms with Gasteiger partial charge in [-0.15, -0.1) is 0 Å². The van der Waals surface area contributed by atoms with Crippen molar-refractivity contribution in [3.8, 4) is 17.9 Å². The molecular formula is C15H16N2O. The van der Waals surface area contributed by atoms with Gasteiger partial charge in [0.1, 0.15) is 23.5 Å². The summed E-state index contributed by atoms with van der Waals surface area (Å²) in [5, 5.41) is 17.4. The summed E-state index contributed by atoms with van der Waals surface area (Å²) in [5.74, 6) is 0.812. The number of hydrogen-bond donors (Lipinski definition) is 0. The lowest BCUT2D eigenvalue weighted by Crippen LogP contribution is -1.98. The van der Waals surface area contributed by atoms with Gasteiger partial charge in [0.05, 0.1) is 6.61 Å². The van der Waals surface area contributed by atoms with E-state index in [0.29, 0.717) is 6.61 Å². The SMILES string of the molecule is CCCCOc1cc(C=C(C#N)C#N)ccc1C. The highest BCUT2D eigenvalue weighted by molar-refractivity contribution is 5.63. The molecule has 0 saturated heterocycles. The molecule has 0 amide bonds. The normalized spacial score (nSPS) is 9.11. The number of aryl methyl sites for hydroxylation is 1. The lowest BCUT2D eigenvalue weighted by Gasteiger charge is -2.09. The maximum atomic E-state index is 8.71. The van der Waals surface area contributed by atoms with E-state index in [4.69, 9.17) is 15.3 Å². The molecule has 1 rings (SSSR count). The third-order valence-corrected chi connectivity index (χ3v) is 2.52. The summed E-state index contributed by atoms with van der Waals surface area (Å²) in [6, 6.07) is 9.35. The van der Waals surface area contributed by atoms with Crippen molar-refractivity contribution in [2.75, 3.05) is 6.61 Å². The Morgan fingerprint density at radius 3 is 2.67 bits per heavy atom. The Hall–Kier alpha value is -2.26. The van der Waals surface area contributed by atoms with E-state index in [-0.39, 0.29) is 5.57 Å². The van der Waals surface area contributed by atoms with Gasteiger partial charge in [0.25, 0.3) is 0 Å². The molecule has 0 N–H and O–H groups in total. The van der Waals surface area contributed by atoms with Crippen LogP contribution in [0.2, 0.25) is 0 Å². The van der Waals surface area contributed by atoms with Gasteiger partial charge >= 0.3 is 0 Å². The molecule has 1 aromatic carbocycles. The van der Waals surface area contributed by atoms with Crippen molar-refractivity contribution in [1.29, 1.82) is 10.5 Å². The molecule has 3 heteroatoms. The van der Waals surface area contributed by atoms with Gasteiger partial charge in [-0.1, -0.05) is 25.5 Å². The molecule has 3 nitrogen and oxygen atoms in total. The minimum absolute atomic E-state index is 0.0957. The molecule has 0 aliphatic carbocycles. The van der Waals surface area contributed by atoms with Crippen molar-refractivity contribution in [1.82, 2.24) is 0 Å². The Labute approximate surface area is 108 Å². The Kier molecular flexibility index (Phi) is 5.48. The van der Waals surface area contributed by atoms with Crippen LogP contribution >= 0.6 is 0 Å². The van der Waals surface area contributed by atoms with Gasteiger partial charge in [-0.05, 0) is 36.6 Å². The molecule has 92 valence electrons. The number of nitrogens with zero attached hydrogens (tertiary/aromatic N) is 2. The van der Waals surface area contributed by atoms with E-state index in [9.17, 15) is 0 Å². The van der Waals surface area contributed by atoms with Crippen molar-refractivity contribution in [2.24, 2.45) is 0 Å². The Balaban J connectivity index is 2.91. The fraction of sp³-hybridized carbons (Fsp3) is 0.333. The molecule has 0 saturated carbocycles. The summed E-state index contributed by atoms with van der Waals surface area (Å²) < 4.78 is 5.67. The predicted molar refractivity (Wildman–Crippen MR) is 70.8 cm³/mol. The van der Waals surface area contributed by atoms with Gasteiger partial charge in [0.15, 0.2) is 0 Å². The first kappa shape index (κ1) is 13.8. The third-order valence-electron chi connectivity index (χ3n) is 2.52. The monoisotopic (exact) mass is 240 g/mol. The Morgan fingerprint density at radius 1 is 1.33 bits per heavy atom. The van der Waals surface area contributed by atoms with Gasteiger partial charge in [-0.3, -0.25) is 0 Å². The second-order valence-corrected chi connectivity index (χ2v) is 4.01. The Morgan fingerprint density at radius 2 is 2.06 bits per heavy atom. The molecule has 0 atom stereocenters. The second-order valence-electron chi connectivity index (χ2n) is 4.01. The first-order chi connectivity index (χ1) is 8.71. The average Bonchev–Trinajstić information content (AvgIpc) is 2.39. The lowest BCUT2D eigenvalue weighted by molar-refractivity contribution is 0.307. The van der Waals surface area contributed by atoms with Gasteiger partial charge in [0.2, 0.25) is 0 Å². The lowest BCUT2D eigenvalue weighted by atomic mass is 10.1. The van der Waals surface area contributed by atoms with Crippen LogP contribution in [0.4, 0.5) is 0 Å². The van der Waals surface area contributed by atoms with Crippen LogP contribution in [-0.4, -0.2) is 6.61 Å². The minimum Gasteiger partial charge on any atom is -0.493 e. The van der Waals surface area contributed by atoms with Gasteiger partial charge in [-0.2, -0.15) is 10.5 Å². The number of hydrogen-bond acceptors (Lipinski definition) is 3. The molecule has 18 heavy (non-hydrogen) atoms. The van der Waals surface area contributed by atoms with Crippen LogP contribution in [0.3, 0.4) is 0 Å². The summed E-state index contributed by atoms with van der Waals surface area (Å²) in [7, 11) is 0. The van der Waals surface area contributed by atoms with Crippen molar-refractivity contribution in [2.45, 2.75) is 26.7 Å². The fourth-order valence-corrected chi connectivity index (χ4v) is 1.44. The Bertz CT molecular complexity index is 502. The van der Waals surface area contributed by atoms with E-state index >= 15 is 0 Å². The van der Waals surface area contributed by atoms with Crippen LogP contribution in [0.15, 0.2) is 23.8 Å². The molecule has 0 radical (unpaired) electrons. The van der Waals surface area contributed by atoms with Crippen molar-refractivity contribution in [3.63, 3.8) is 0 Å². The molecular weight excluding hydrogens is 224 g/mol. The molecule has 0 aliphatic heterocycles. The van der Waals surface area contributed by atoms with Crippen LogP contribution < -0.4 is 4.74 Å². The number of nitriles is 2. The molecule has 0 spiro atoms. The highest BCUT2D eigenvalue weighted by Crippen LogP contribution is 2.21. The maximum absolute atomic E-state index is 8.71. The predicted octanol–water partition coefficient (Wildman–Crippen LogP) is 3.60. The summed E-state index contributed by atoms with van der Waals surface area (Å²) in [6.45, 7) is 4.78. The first-order valence-electron chi connectivity index (χ1n) is 5.96. The second kappa shape index (κ2) is 7.14. The molecule has 0 unspecified atom stereocenters. The molecule has 0 aliphatic rings. The van der Waals surface area contributed by atoms with Crippen LogP contribution in [0.1, 0.15) is 30.9 Å². The van der Waals surface area contributed by atoms with Crippen molar-refractivity contribution >= 4 is 6.08 Å². The zero-order valence-corrected chi connectivity index (χ0v) is 10.7. The maximum Gasteiger partial charge on any atom is 0.130 e. The fourth-order valence-electron chi connectivity index (χ4n) is 1.44. The smallest absolute Gasteiger partial charge is 0.130 e. The van der Waals surface area contributed by atoms with Crippen LogP contribution in [0, 0.1) is 29.6 Å². The van der Waals surface area contributed by atoms with E-state index in [1.165, 1.54) is 0 Å². The first-order valence-corrected chi connectivity index (χ1v) is 5.96. The molecule has 1 aromatic rings. The molecule has 0 bridgehead atoms. The quantitative estimate of drug-likeness (QED) is 0.583. The summed E-state index contributed by atoms with van der Waals surface area (Å²) in [5.41, 5.74) is 1.96. The summed E-state index contributed by atoms with van der Waals surface area (Å²) in [4.78, 5) is 0. The largest absolute Gasteiger partial charge is 0.493 e. The van der Waals surface area contributed by atoms with Crippen LogP contribution in [0.5, 0.6) is 5.75 Å². The zero-order chi connectivity index (χ0) is 13.4. The van der Waals surface area contributed by atoms with Gasteiger partial charge in [0, 0.05) is 0 Å². The number of ether oxygens (including phenoxy) is 1. The van der Waals surface area contributed by atoms with E-state index < -0.39 is 0 Å². The topological polar surface area (TPSA) is 56.8 Å². The summed E-state index contributed by atoms with van der Waals surface area (Å²) in [6.07, 6.45) is 3.67. The number of benzene rings is 1. The van der Waals surface area contributed by atoms with Crippen molar-refractivity contribution in [3.05, 3.63) is 34.9 Å². The number of allylic oxidation sites excluding steroid dienone is 1. The van der Waals surface area contributed by atoms with E-state index in [0.717, 1.165) is 29.7 Å². The van der Waals surface area contributed by atoms with Gasteiger partial charge in [-0.25, -0.2) is 0 Å². The van der Waals surface area contributed by atoms with Crippen LogP contribution in [0.25, 0.3) is 6.08 Å². The standard InChI is InChI=1S/C15H16N2O/c1-3-4-7-18-15-9-13(6-5-12(15)2)8-14(10-16)11-17/h5-6,8-9H,3-4,7H2,1-2H3. The van der Waals surface area contributed by atoms with E-state index in [1.54, 1.807) is 6.08 Å². The summed E-state index contributed by atoms with van der Waals surface area (Å²) >= 11 is 0. The third kappa shape index (κ3) is 3.96. The number of unbranched alkanes of at least 4 members (excludes halogenated alkanes) is 1. The minimum atomic E-state index is 0.0957. The molecule has 0 heterocycles. The molecule has 0 fully saturated rings. The zero-order valence-electron chi connectivity index (χ0n) is 10.7.